The number of allylic oxidation sites excluding steroid dienone is 1. The molecular formula is C31H35N3O9. The number of nitrogens with zero attached hydrogens (tertiary/aromatic N) is 2. The average Bonchev–Trinajstić information content (AvgIpc) is 3.02. The smallest absolute Gasteiger partial charge is 0.410 e. The van der Waals surface area contributed by atoms with Gasteiger partial charge in [0.2, 0.25) is 17.4 Å². The maximum atomic E-state index is 13.1. The van der Waals surface area contributed by atoms with Gasteiger partial charge in [-0.25, -0.2) is 4.79 Å². The van der Waals surface area contributed by atoms with Crippen LogP contribution in [0.4, 0.5) is 4.79 Å². The predicted molar refractivity (Wildman–Crippen MR) is 156 cm³/mol. The number of benzene rings is 2. The van der Waals surface area contributed by atoms with E-state index < -0.39 is 12.0 Å². The SMILES string of the molecule is CCOC(=O)N1CC2=C(OC(N)=C(C#N)C2c2cc(OC)c(OC)c(OC)c2)/C(=C/c2cc(OC)c(OC)c(OC)c2)C1. The van der Waals surface area contributed by atoms with Crippen molar-refractivity contribution in [3.63, 3.8) is 0 Å². The molecule has 0 radical (unpaired) electrons. The zero-order valence-electron chi connectivity index (χ0n) is 25.2. The number of methoxy groups -OCH3 is 6. The van der Waals surface area contributed by atoms with Gasteiger partial charge in [-0.05, 0) is 48.4 Å². The second kappa shape index (κ2) is 13.2. The highest BCUT2D eigenvalue weighted by Gasteiger charge is 2.40. The van der Waals surface area contributed by atoms with Gasteiger partial charge in [-0.15, -0.1) is 0 Å². The zero-order valence-corrected chi connectivity index (χ0v) is 25.2. The van der Waals surface area contributed by atoms with Crippen LogP contribution < -0.4 is 34.2 Å². The third-order valence-corrected chi connectivity index (χ3v) is 7.12. The molecule has 2 aromatic carbocycles. The largest absolute Gasteiger partial charge is 0.493 e. The lowest BCUT2D eigenvalue weighted by Crippen LogP contribution is -2.41. The van der Waals surface area contributed by atoms with E-state index in [1.165, 1.54) is 47.6 Å². The molecule has 1 amide bonds. The van der Waals surface area contributed by atoms with Crippen LogP contribution >= 0.6 is 0 Å². The molecule has 0 aliphatic carbocycles. The number of hydrogen-bond donors (Lipinski definition) is 1. The van der Waals surface area contributed by atoms with Crippen molar-refractivity contribution >= 4 is 12.2 Å². The standard InChI is InChI=1S/C31H35N3O9/c1-8-42-31(35)34-15-19(9-17-10-22(36-2)28(40-6)23(11-17)37-3)27-21(16-34)26(20(14-32)30(33)43-27)18-12-24(38-4)29(41-7)25(13-18)39-5/h9-13,26H,8,15-16,33H2,1-7H3/b19-9+. The first-order valence-electron chi connectivity index (χ1n) is 13.3. The molecule has 0 aromatic heterocycles. The molecule has 2 aliphatic heterocycles. The number of nitriles is 1. The van der Waals surface area contributed by atoms with E-state index in [-0.39, 0.29) is 31.2 Å². The number of amides is 1. The lowest BCUT2D eigenvalue weighted by atomic mass is 9.80. The molecule has 2 aromatic rings. The number of rotatable bonds is 9. The Kier molecular flexibility index (Phi) is 9.45. The summed E-state index contributed by atoms with van der Waals surface area (Å²) in [5.74, 6) is 2.20. The van der Waals surface area contributed by atoms with Crippen molar-refractivity contribution in [2.75, 3.05) is 62.4 Å². The minimum absolute atomic E-state index is 0.0552. The topological polar surface area (TPSA) is 144 Å². The summed E-state index contributed by atoms with van der Waals surface area (Å²) in [5, 5.41) is 10.2. The van der Waals surface area contributed by atoms with Crippen LogP contribution in [-0.4, -0.2) is 73.3 Å². The Hall–Kier alpha value is -5.18. The third-order valence-electron chi connectivity index (χ3n) is 7.12. The molecule has 0 saturated heterocycles. The minimum Gasteiger partial charge on any atom is -0.493 e. The lowest BCUT2D eigenvalue weighted by molar-refractivity contribution is 0.109. The molecule has 2 aliphatic rings. The maximum Gasteiger partial charge on any atom is 0.410 e. The fourth-order valence-electron chi connectivity index (χ4n) is 5.25. The molecule has 2 N–H and O–H groups in total. The van der Waals surface area contributed by atoms with E-state index in [0.29, 0.717) is 62.5 Å². The highest BCUT2D eigenvalue weighted by molar-refractivity contribution is 5.74. The van der Waals surface area contributed by atoms with Gasteiger partial charge in [0, 0.05) is 11.1 Å². The predicted octanol–water partition coefficient (Wildman–Crippen LogP) is 4.36. The van der Waals surface area contributed by atoms with E-state index >= 15 is 0 Å². The van der Waals surface area contributed by atoms with Crippen molar-refractivity contribution in [2.24, 2.45) is 5.73 Å². The summed E-state index contributed by atoms with van der Waals surface area (Å²) in [7, 11) is 9.10. The quantitative estimate of drug-likeness (QED) is 0.443. The van der Waals surface area contributed by atoms with Crippen LogP contribution in [0.2, 0.25) is 0 Å². The number of nitrogens with two attached hydrogens (primary N) is 1. The van der Waals surface area contributed by atoms with E-state index in [0.717, 1.165) is 0 Å². The zero-order chi connectivity index (χ0) is 31.3. The molecule has 228 valence electrons. The Balaban J connectivity index is 1.98. The van der Waals surface area contributed by atoms with E-state index in [2.05, 4.69) is 6.07 Å². The average molecular weight is 594 g/mol. The molecule has 1 unspecified atom stereocenters. The molecule has 4 rings (SSSR count). The summed E-state index contributed by atoms with van der Waals surface area (Å²) < 4.78 is 44.7. The van der Waals surface area contributed by atoms with Gasteiger partial charge in [0.1, 0.15) is 17.4 Å². The first-order valence-corrected chi connectivity index (χ1v) is 13.3. The number of hydrogen-bond acceptors (Lipinski definition) is 11. The molecule has 0 bridgehead atoms. The normalized spacial score (nSPS) is 17.0. The van der Waals surface area contributed by atoms with Crippen molar-refractivity contribution in [2.45, 2.75) is 12.8 Å². The van der Waals surface area contributed by atoms with E-state index in [1.807, 2.05) is 6.08 Å². The van der Waals surface area contributed by atoms with Gasteiger partial charge in [-0.3, -0.25) is 4.90 Å². The fraction of sp³-hybridized carbons (Fsp3) is 0.355. The molecule has 43 heavy (non-hydrogen) atoms. The van der Waals surface area contributed by atoms with Gasteiger partial charge in [0.05, 0.1) is 68.3 Å². The lowest BCUT2D eigenvalue weighted by Gasteiger charge is -2.38. The van der Waals surface area contributed by atoms with Crippen LogP contribution in [0.15, 0.2) is 52.6 Å². The van der Waals surface area contributed by atoms with Gasteiger partial charge in [-0.2, -0.15) is 5.26 Å². The summed E-state index contributed by atoms with van der Waals surface area (Å²) in [6.07, 6.45) is 1.32. The third kappa shape index (κ3) is 5.79. The van der Waals surface area contributed by atoms with Crippen LogP contribution in [0, 0.1) is 11.3 Å². The maximum absolute atomic E-state index is 13.1. The van der Waals surface area contributed by atoms with Gasteiger partial charge in [0.15, 0.2) is 23.0 Å². The molecule has 0 fully saturated rings. The van der Waals surface area contributed by atoms with Gasteiger partial charge < -0.3 is 43.6 Å². The summed E-state index contributed by atoms with van der Waals surface area (Å²) in [5.41, 5.74) is 9.09. The molecule has 12 nitrogen and oxygen atoms in total. The first-order chi connectivity index (χ1) is 20.8. The molecule has 0 spiro atoms. The number of carbonyl (C=O) groups is 1. The summed E-state index contributed by atoms with van der Waals surface area (Å²) >= 11 is 0. The molecule has 12 heteroatoms. The van der Waals surface area contributed by atoms with Crippen molar-refractivity contribution in [1.29, 1.82) is 5.26 Å². The van der Waals surface area contributed by atoms with Gasteiger partial charge in [0.25, 0.3) is 0 Å². The summed E-state index contributed by atoms with van der Waals surface area (Å²) in [4.78, 5) is 14.6. The van der Waals surface area contributed by atoms with E-state index in [9.17, 15) is 10.1 Å². The van der Waals surface area contributed by atoms with E-state index in [1.54, 1.807) is 31.2 Å². The van der Waals surface area contributed by atoms with Crippen molar-refractivity contribution in [3.8, 4) is 40.6 Å². The second-order valence-corrected chi connectivity index (χ2v) is 9.42. The number of carbonyl (C=O) groups excluding carboxylic acids is 1. The molecule has 2 heterocycles. The van der Waals surface area contributed by atoms with Crippen LogP contribution in [0.25, 0.3) is 6.08 Å². The molecule has 1 atom stereocenters. The van der Waals surface area contributed by atoms with Crippen LogP contribution in [0.3, 0.4) is 0 Å². The van der Waals surface area contributed by atoms with Crippen LogP contribution in [-0.2, 0) is 9.47 Å². The Morgan fingerprint density at radius 3 is 1.93 bits per heavy atom. The summed E-state index contributed by atoms with van der Waals surface area (Å²) in [6, 6.07) is 9.24. The Morgan fingerprint density at radius 1 is 0.930 bits per heavy atom. The molecule has 0 saturated carbocycles. The Morgan fingerprint density at radius 2 is 1.47 bits per heavy atom. The number of ether oxygens (including phenoxy) is 8. The van der Waals surface area contributed by atoms with Crippen molar-refractivity contribution in [3.05, 3.63) is 63.8 Å². The van der Waals surface area contributed by atoms with Gasteiger partial charge >= 0.3 is 6.09 Å². The highest BCUT2D eigenvalue weighted by atomic mass is 16.6. The van der Waals surface area contributed by atoms with Gasteiger partial charge in [-0.1, -0.05) is 0 Å². The van der Waals surface area contributed by atoms with Crippen LogP contribution in [0.5, 0.6) is 34.5 Å². The van der Waals surface area contributed by atoms with Crippen molar-refractivity contribution < 1.29 is 42.7 Å². The monoisotopic (exact) mass is 593 g/mol. The minimum atomic E-state index is -0.706. The fourth-order valence-corrected chi connectivity index (χ4v) is 5.25. The van der Waals surface area contributed by atoms with Crippen LogP contribution in [0.1, 0.15) is 24.0 Å². The van der Waals surface area contributed by atoms with E-state index in [4.69, 9.17) is 43.6 Å². The second-order valence-electron chi connectivity index (χ2n) is 9.42. The molecular weight excluding hydrogens is 558 g/mol. The highest BCUT2D eigenvalue weighted by Crippen LogP contribution is 2.48. The Bertz CT molecular complexity index is 1490. The van der Waals surface area contributed by atoms with Crippen molar-refractivity contribution in [1.82, 2.24) is 4.90 Å². The Labute approximate surface area is 250 Å². The summed E-state index contributed by atoms with van der Waals surface area (Å²) in [6.45, 7) is 2.18. The first kappa shape index (κ1) is 30.8.